The van der Waals surface area contributed by atoms with Crippen LogP contribution in [0, 0.1) is 12.8 Å². The zero-order chi connectivity index (χ0) is 20.1. The van der Waals surface area contributed by atoms with Crippen molar-refractivity contribution in [1.29, 1.82) is 0 Å². The van der Waals surface area contributed by atoms with Gasteiger partial charge in [0.2, 0.25) is 5.91 Å². The highest BCUT2D eigenvalue weighted by molar-refractivity contribution is 5.96. The number of aryl methyl sites for hydroxylation is 1. The SMILES string of the molecule is CCNC(=O)c1ccc(NC(=O)N2CCCC(CN3CCCC3=O)C2)c(C)c1. The molecule has 28 heavy (non-hydrogen) atoms. The van der Waals surface area contributed by atoms with Gasteiger partial charge in [-0.3, -0.25) is 9.59 Å². The molecule has 2 aliphatic heterocycles. The molecule has 1 atom stereocenters. The van der Waals surface area contributed by atoms with Crippen LogP contribution in [0.2, 0.25) is 0 Å². The van der Waals surface area contributed by atoms with E-state index in [1.165, 1.54) is 0 Å². The van der Waals surface area contributed by atoms with Crippen molar-refractivity contribution < 1.29 is 14.4 Å². The third-order valence-electron chi connectivity index (χ3n) is 5.52. The van der Waals surface area contributed by atoms with Gasteiger partial charge in [0.1, 0.15) is 0 Å². The third kappa shape index (κ3) is 4.82. The second kappa shape index (κ2) is 9.08. The lowest BCUT2D eigenvalue weighted by Gasteiger charge is -2.34. The number of benzene rings is 1. The number of carbonyl (C=O) groups excluding carboxylic acids is 3. The van der Waals surface area contributed by atoms with Gasteiger partial charge in [-0.1, -0.05) is 0 Å². The van der Waals surface area contributed by atoms with Gasteiger partial charge < -0.3 is 20.4 Å². The third-order valence-corrected chi connectivity index (χ3v) is 5.52. The number of hydrogen-bond donors (Lipinski definition) is 2. The monoisotopic (exact) mass is 386 g/mol. The zero-order valence-electron chi connectivity index (χ0n) is 16.8. The van der Waals surface area contributed by atoms with Crippen LogP contribution >= 0.6 is 0 Å². The summed E-state index contributed by atoms with van der Waals surface area (Å²) in [5.41, 5.74) is 2.16. The summed E-state index contributed by atoms with van der Waals surface area (Å²) in [5.74, 6) is 0.464. The lowest BCUT2D eigenvalue weighted by molar-refractivity contribution is -0.128. The van der Waals surface area contributed by atoms with E-state index in [9.17, 15) is 14.4 Å². The van der Waals surface area contributed by atoms with Crippen molar-refractivity contribution in [3.8, 4) is 0 Å². The fraction of sp³-hybridized carbons (Fsp3) is 0.571. The largest absolute Gasteiger partial charge is 0.352 e. The van der Waals surface area contributed by atoms with E-state index in [4.69, 9.17) is 0 Å². The normalized spacial score (nSPS) is 19.6. The molecule has 0 aliphatic carbocycles. The topological polar surface area (TPSA) is 81.8 Å². The fourth-order valence-corrected chi connectivity index (χ4v) is 4.01. The van der Waals surface area contributed by atoms with E-state index in [-0.39, 0.29) is 17.8 Å². The molecule has 2 aliphatic rings. The summed E-state index contributed by atoms with van der Waals surface area (Å²) in [5, 5.41) is 5.75. The Kier molecular flexibility index (Phi) is 6.54. The van der Waals surface area contributed by atoms with Crippen LogP contribution in [0.4, 0.5) is 10.5 Å². The minimum absolute atomic E-state index is 0.112. The van der Waals surface area contributed by atoms with Crippen LogP contribution in [0.25, 0.3) is 0 Å². The van der Waals surface area contributed by atoms with Crippen molar-refractivity contribution in [2.75, 3.05) is 38.0 Å². The van der Waals surface area contributed by atoms with Crippen molar-refractivity contribution in [3.63, 3.8) is 0 Å². The Morgan fingerprint density at radius 2 is 2.04 bits per heavy atom. The quantitative estimate of drug-likeness (QED) is 0.816. The van der Waals surface area contributed by atoms with Crippen LogP contribution in [0.1, 0.15) is 48.5 Å². The van der Waals surface area contributed by atoms with Gasteiger partial charge in [0, 0.05) is 50.4 Å². The molecule has 0 spiro atoms. The molecule has 1 aromatic carbocycles. The van der Waals surface area contributed by atoms with Crippen LogP contribution in [-0.2, 0) is 4.79 Å². The molecule has 0 saturated carbocycles. The molecule has 2 saturated heterocycles. The Morgan fingerprint density at radius 1 is 1.21 bits per heavy atom. The lowest BCUT2D eigenvalue weighted by atomic mass is 9.97. The van der Waals surface area contributed by atoms with E-state index in [2.05, 4.69) is 10.6 Å². The first-order valence-corrected chi connectivity index (χ1v) is 10.2. The first-order chi connectivity index (χ1) is 13.5. The number of nitrogens with zero attached hydrogens (tertiary/aromatic N) is 2. The smallest absolute Gasteiger partial charge is 0.321 e. The average molecular weight is 386 g/mol. The minimum atomic E-state index is -0.119. The molecule has 0 bridgehead atoms. The Bertz CT molecular complexity index is 749. The van der Waals surface area contributed by atoms with Gasteiger partial charge in [0.15, 0.2) is 0 Å². The van der Waals surface area contributed by atoms with E-state index < -0.39 is 0 Å². The molecule has 7 heteroatoms. The van der Waals surface area contributed by atoms with Crippen LogP contribution < -0.4 is 10.6 Å². The molecule has 4 amide bonds. The fourth-order valence-electron chi connectivity index (χ4n) is 4.01. The van der Waals surface area contributed by atoms with Crippen molar-refractivity contribution in [1.82, 2.24) is 15.1 Å². The highest BCUT2D eigenvalue weighted by Crippen LogP contribution is 2.22. The van der Waals surface area contributed by atoms with Gasteiger partial charge in [-0.2, -0.15) is 0 Å². The summed E-state index contributed by atoms with van der Waals surface area (Å²) >= 11 is 0. The van der Waals surface area contributed by atoms with E-state index >= 15 is 0 Å². The maximum absolute atomic E-state index is 12.7. The molecular formula is C21H30N4O3. The first kappa shape index (κ1) is 20.2. The second-order valence-corrected chi connectivity index (χ2v) is 7.72. The van der Waals surface area contributed by atoms with Crippen LogP contribution in [-0.4, -0.2) is 60.4 Å². The molecule has 7 nitrogen and oxygen atoms in total. The van der Waals surface area contributed by atoms with E-state index in [0.717, 1.165) is 50.1 Å². The van der Waals surface area contributed by atoms with Crippen molar-refractivity contribution in [2.24, 2.45) is 5.92 Å². The summed E-state index contributed by atoms with van der Waals surface area (Å²) in [7, 11) is 0. The summed E-state index contributed by atoms with van der Waals surface area (Å²) in [4.78, 5) is 40.3. The Morgan fingerprint density at radius 3 is 2.71 bits per heavy atom. The predicted octanol–water partition coefficient (Wildman–Crippen LogP) is 2.61. The Hall–Kier alpha value is -2.57. The molecule has 3 rings (SSSR count). The average Bonchev–Trinajstić information content (AvgIpc) is 3.08. The lowest BCUT2D eigenvalue weighted by Crippen LogP contribution is -2.45. The molecule has 1 unspecified atom stereocenters. The summed E-state index contributed by atoms with van der Waals surface area (Å²) in [6, 6.07) is 5.18. The van der Waals surface area contributed by atoms with E-state index in [0.29, 0.717) is 31.0 Å². The Balaban J connectivity index is 1.57. The van der Waals surface area contributed by atoms with Gasteiger partial charge in [0.05, 0.1) is 0 Å². The van der Waals surface area contributed by atoms with Gasteiger partial charge in [-0.05, 0) is 62.8 Å². The molecule has 0 aromatic heterocycles. The minimum Gasteiger partial charge on any atom is -0.352 e. The molecule has 2 N–H and O–H groups in total. The van der Waals surface area contributed by atoms with Gasteiger partial charge in [0.25, 0.3) is 5.91 Å². The number of amides is 4. The van der Waals surface area contributed by atoms with Crippen molar-refractivity contribution in [2.45, 2.75) is 39.5 Å². The summed E-state index contributed by atoms with van der Waals surface area (Å²) < 4.78 is 0. The molecule has 2 heterocycles. The molecule has 152 valence electrons. The van der Waals surface area contributed by atoms with Gasteiger partial charge in [-0.25, -0.2) is 4.79 Å². The van der Waals surface area contributed by atoms with Gasteiger partial charge >= 0.3 is 6.03 Å². The zero-order valence-corrected chi connectivity index (χ0v) is 16.8. The number of rotatable bonds is 5. The van der Waals surface area contributed by atoms with Crippen LogP contribution in [0.5, 0.6) is 0 Å². The highest BCUT2D eigenvalue weighted by atomic mass is 16.2. The van der Waals surface area contributed by atoms with Crippen LogP contribution in [0.3, 0.4) is 0 Å². The number of nitrogens with one attached hydrogen (secondary N) is 2. The number of carbonyl (C=O) groups is 3. The number of hydrogen-bond acceptors (Lipinski definition) is 3. The molecular weight excluding hydrogens is 356 g/mol. The number of piperidine rings is 1. The maximum atomic E-state index is 12.7. The van der Waals surface area contributed by atoms with Crippen molar-refractivity contribution in [3.05, 3.63) is 29.3 Å². The maximum Gasteiger partial charge on any atom is 0.321 e. The standard InChI is InChI=1S/C21H30N4O3/c1-3-22-20(27)17-8-9-18(15(2)12-17)23-21(28)25-11-4-6-16(14-25)13-24-10-5-7-19(24)26/h8-9,12,16H,3-7,10-11,13-14H2,1-2H3,(H,22,27)(H,23,28). The van der Waals surface area contributed by atoms with Crippen molar-refractivity contribution >= 4 is 23.5 Å². The van der Waals surface area contributed by atoms with Gasteiger partial charge in [-0.15, -0.1) is 0 Å². The summed E-state index contributed by atoms with van der Waals surface area (Å²) in [6.07, 6.45) is 3.60. The summed E-state index contributed by atoms with van der Waals surface area (Å²) in [6.45, 7) is 7.34. The molecule has 0 radical (unpaired) electrons. The van der Waals surface area contributed by atoms with E-state index in [1.54, 1.807) is 18.2 Å². The number of urea groups is 1. The second-order valence-electron chi connectivity index (χ2n) is 7.72. The number of anilines is 1. The van der Waals surface area contributed by atoms with Crippen LogP contribution in [0.15, 0.2) is 18.2 Å². The van der Waals surface area contributed by atoms with E-state index in [1.807, 2.05) is 23.6 Å². The Labute approximate surface area is 166 Å². The number of likely N-dealkylation sites (tertiary alicyclic amines) is 2. The first-order valence-electron chi connectivity index (χ1n) is 10.2. The predicted molar refractivity (Wildman–Crippen MR) is 108 cm³/mol. The molecule has 2 fully saturated rings. The highest BCUT2D eigenvalue weighted by Gasteiger charge is 2.28. The molecule has 1 aromatic rings.